The molecule has 5 heteroatoms. The van der Waals surface area contributed by atoms with Crippen molar-refractivity contribution in [1.82, 2.24) is 4.98 Å². The summed E-state index contributed by atoms with van der Waals surface area (Å²) in [5.74, 6) is -1.33. The van der Waals surface area contributed by atoms with Crippen LogP contribution in [0.15, 0.2) is 66.9 Å². The zero-order valence-corrected chi connectivity index (χ0v) is 12.6. The molecule has 24 heavy (non-hydrogen) atoms. The van der Waals surface area contributed by atoms with Crippen molar-refractivity contribution in [3.05, 3.63) is 83.8 Å². The molecule has 0 aliphatic carbocycles. The summed E-state index contributed by atoms with van der Waals surface area (Å²) in [6, 6.07) is 16.7. The van der Waals surface area contributed by atoms with E-state index in [-0.39, 0.29) is 5.56 Å². The number of ether oxygens (including phenoxy) is 1. The van der Waals surface area contributed by atoms with Crippen LogP contribution in [0.4, 0.5) is 4.39 Å². The van der Waals surface area contributed by atoms with Gasteiger partial charge in [-0.1, -0.05) is 30.3 Å². The lowest BCUT2D eigenvalue weighted by atomic mass is 10.0. The zero-order valence-electron chi connectivity index (χ0n) is 12.6. The largest absolute Gasteiger partial charge is 0.478 e. The maximum absolute atomic E-state index is 13.6. The van der Waals surface area contributed by atoms with E-state index in [0.717, 1.165) is 11.6 Å². The highest BCUT2D eigenvalue weighted by Crippen LogP contribution is 2.23. The number of aromatic nitrogens is 1. The van der Waals surface area contributed by atoms with Crippen LogP contribution in [0.2, 0.25) is 0 Å². The molecule has 0 saturated carbocycles. The Bertz CT molecular complexity index is 848. The van der Waals surface area contributed by atoms with E-state index in [4.69, 9.17) is 9.84 Å². The standard InChI is InChI=1S/C19H14FNO3/c20-17-9-15(8-16(10-17)19(22)23)14-6-7-18(21-11-14)24-12-13-4-2-1-3-5-13/h1-11H,12H2,(H,22,23). The monoisotopic (exact) mass is 323 g/mol. The first-order valence-corrected chi connectivity index (χ1v) is 7.29. The maximum Gasteiger partial charge on any atom is 0.335 e. The molecule has 0 spiro atoms. The minimum Gasteiger partial charge on any atom is -0.478 e. The normalized spacial score (nSPS) is 10.4. The first-order valence-electron chi connectivity index (χ1n) is 7.29. The van der Waals surface area contributed by atoms with E-state index in [2.05, 4.69) is 4.98 Å². The van der Waals surface area contributed by atoms with Gasteiger partial charge in [-0.3, -0.25) is 0 Å². The summed E-state index contributed by atoms with van der Waals surface area (Å²) in [5, 5.41) is 9.00. The molecule has 0 atom stereocenters. The van der Waals surface area contributed by atoms with Crippen molar-refractivity contribution in [2.24, 2.45) is 0 Å². The van der Waals surface area contributed by atoms with Crippen molar-refractivity contribution in [3.8, 4) is 17.0 Å². The average Bonchev–Trinajstić information content (AvgIpc) is 2.61. The van der Waals surface area contributed by atoms with E-state index < -0.39 is 11.8 Å². The lowest BCUT2D eigenvalue weighted by Gasteiger charge is -2.07. The molecular formula is C19H14FNO3. The minimum atomic E-state index is -1.17. The van der Waals surface area contributed by atoms with E-state index in [1.54, 1.807) is 12.1 Å². The predicted molar refractivity (Wildman–Crippen MR) is 87.4 cm³/mol. The maximum atomic E-state index is 13.6. The fourth-order valence-electron chi connectivity index (χ4n) is 2.25. The van der Waals surface area contributed by atoms with Gasteiger partial charge in [0.15, 0.2) is 0 Å². The van der Waals surface area contributed by atoms with Gasteiger partial charge in [0.25, 0.3) is 0 Å². The van der Waals surface area contributed by atoms with Gasteiger partial charge in [-0.2, -0.15) is 0 Å². The fourth-order valence-corrected chi connectivity index (χ4v) is 2.25. The summed E-state index contributed by atoms with van der Waals surface area (Å²) in [5.41, 5.74) is 1.99. The molecule has 0 unspecified atom stereocenters. The number of aromatic carboxylic acids is 1. The molecule has 0 fully saturated rings. The Kier molecular flexibility index (Phi) is 4.52. The first kappa shape index (κ1) is 15.7. The van der Waals surface area contributed by atoms with E-state index in [1.807, 2.05) is 30.3 Å². The van der Waals surface area contributed by atoms with Crippen molar-refractivity contribution in [3.63, 3.8) is 0 Å². The molecule has 1 heterocycles. The quantitative estimate of drug-likeness (QED) is 0.766. The van der Waals surface area contributed by atoms with Crippen LogP contribution < -0.4 is 4.74 Å². The smallest absolute Gasteiger partial charge is 0.335 e. The van der Waals surface area contributed by atoms with Crippen LogP contribution in [0.25, 0.3) is 11.1 Å². The number of benzene rings is 2. The molecule has 1 N–H and O–H groups in total. The molecular weight excluding hydrogens is 309 g/mol. The SMILES string of the molecule is O=C(O)c1cc(F)cc(-c2ccc(OCc3ccccc3)nc2)c1. The second-order valence-corrected chi connectivity index (χ2v) is 5.19. The van der Waals surface area contributed by atoms with Gasteiger partial charge in [0, 0.05) is 17.8 Å². The lowest BCUT2D eigenvalue weighted by molar-refractivity contribution is 0.0696. The van der Waals surface area contributed by atoms with Gasteiger partial charge in [-0.25, -0.2) is 14.2 Å². The van der Waals surface area contributed by atoms with Crippen molar-refractivity contribution in [1.29, 1.82) is 0 Å². The highest BCUT2D eigenvalue weighted by molar-refractivity contribution is 5.89. The molecule has 3 aromatic rings. The number of carboxylic acids is 1. The van der Waals surface area contributed by atoms with E-state index in [0.29, 0.717) is 23.6 Å². The summed E-state index contributed by atoms with van der Waals surface area (Å²) in [6.45, 7) is 0.399. The fraction of sp³-hybridized carbons (Fsp3) is 0.0526. The molecule has 2 aromatic carbocycles. The second kappa shape index (κ2) is 6.91. The summed E-state index contributed by atoms with van der Waals surface area (Å²) >= 11 is 0. The first-order chi connectivity index (χ1) is 11.6. The number of pyridine rings is 1. The Morgan fingerprint density at radius 1 is 1.04 bits per heavy atom. The van der Waals surface area contributed by atoms with E-state index in [9.17, 15) is 9.18 Å². The van der Waals surface area contributed by atoms with E-state index in [1.165, 1.54) is 18.3 Å². The van der Waals surface area contributed by atoms with Crippen LogP contribution in [0.1, 0.15) is 15.9 Å². The van der Waals surface area contributed by atoms with Crippen molar-refractivity contribution in [2.75, 3.05) is 0 Å². The van der Waals surface area contributed by atoms with Gasteiger partial charge in [-0.15, -0.1) is 0 Å². The number of nitrogens with zero attached hydrogens (tertiary/aromatic N) is 1. The number of carboxylic acid groups (broad SMARTS) is 1. The summed E-state index contributed by atoms with van der Waals surface area (Å²) in [4.78, 5) is 15.2. The Hall–Kier alpha value is -3.21. The third kappa shape index (κ3) is 3.76. The zero-order chi connectivity index (χ0) is 16.9. The Balaban J connectivity index is 1.76. The molecule has 0 amide bonds. The number of carbonyl (C=O) groups is 1. The molecule has 0 saturated heterocycles. The van der Waals surface area contributed by atoms with Crippen LogP contribution >= 0.6 is 0 Å². The van der Waals surface area contributed by atoms with Gasteiger partial charge >= 0.3 is 5.97 Å². The average molecular weight is 323 g/mol. The topological polar surface area (TPSA) is 59.4 Å². The van der Waals surface area contributed by atoms with Crippen molar-refractivity contribution < 1.29 is 19.0 Å². The van der Waals surface area contributed by atoms with Gasteiger partial charge in [-0.05, 0) is 35.4 Å². The van der Waals surface area contributed by atoms with E-state index >= 15 is 0 Å². The highest BCUT2D eigenvalue weighted by Gasteiger charge is 2.09. The predicted octanol–water partition coefficient (Wildman–Crippen LogP) is 4.16. The Morgan fingerprint density at radius 2 is 1.83 bits per heavy atom. The number of hydrogen-bond donors (Lipinski definition) is 1. The van der Waals surface area contributed by atoms with Gasteiger partial charge in [0.1, 0.15) is 12.4 Å². The molecule has 0 aliphatic rings. The molecule has 0 radical (unpaired) electrons. The molecule has 0 aliphatic heterocycles. The molecule has 3 rings (SSSR count). The van der Waals surface area contributed by atoms with Crippen molar-refractivity contribution in [2.45, 2.75) is 6.61 Å². The summed E-state index contributed by atoms with van der Waals surface area (Å²) in [7, 11) is 0. The van der Waals surface area contributed by atoms with Gasteiger partial charge in [0.05, 0.1) is 5.56 Å². The van der Waals surface area contributed by atoms with Crippen LogP contribution in [0.5, 0.6) is 5.88 Å². The second-order valence-electron chi connectivity index (χ2n) is 5.19. The molecule has 0 bridgehead atoms. The Labute approximate surface area is 138 Å². The third-order valence-electron chi connectivity index (χ3n) is 3.44. The van der Waals surface area contributed by atoms with Crippen molar-refractivity contribution >= 4 is 5.97 Å². The minimum absolute atomic E-state index is 0.102. The van der Waals surface area contributed by atoms with Crippen LogP contribution in [-0.2, 0) is 6.61 Å². The highest BCUT2D eigenvalue weighted by atomic mass is 19.1. The third-order valence-corrected chi connectivity index (χ3v) is 3.44. The van der Waals surface area contributed by atoms with Gasteiger partial charge < -0.3 is 9.84 Å². The number of halogens is 1. The lowest BCUT2D eigenvalue weighted by Crippen LogP contribution is -1.98. The van der Waals surface area contributed by atoms with Crippen LogP contribution in [0, 0.1) is 5.82 Å². The Morgan fingerprint density at radius 3 is 2.50 bits per heavy atom. The molecule has 4 nitrogen and oxygen atoms in total. The molecule has 120 valence electrons. The van der Waals surface area contributed by atoms with Gasteiger partial charge in [0.2, 0.25) is 5.88 Å². The van der Waals surface area contributed by atoms with Crippen LogP contribution in [-0.4, -0.2) is 16.1 Å². The molecule has 1 aromatic heterocycles. The summed E-state index contributed by atoms with van der Waals surface area (Å²) < 4.78 is 19.1. The number of hydrogen-bond acceptors (Lipinski definition) is 3. The number of rotatable bonds is 5. The van der Waals surface area contributed by atoms with Crippen LogP contribution in [0.3, 0.4) is 0 Å². The summed E-state index contributed by atoms with van der Waals surface area (Å²) in [6.07, 6.45) is 1.53.